The molecule has 0 spiro atoms. The van der Waals surface area contributed by atoms with E-state index in [-0.39, 0.29) is 11.8 Å². The fraction of sp³-hybridized carbons (Fsp3) is 0.409. The van der Waals surface area contributed by atoms with E-state index in [0.717, 1.165) is 36.7 Å². The smallest absolute Gasteiger partial charge is 0.342 e. The van der Waals surface area contributed by atoms with Gasteiger partial charge in [-0.2, -0.15) is 13.2 Å². The summed E-state index contributed by atoms with van der Waals surface area (Å²) in [6, 6.07) is 9.18. The molecule has 1 amide bonds. The number of benzene rings is 1. The Morgan fingerprint density at radius 2 is 2.03 bits per heavy atom. The molecule has 32 heavy (non-hydrogen) atoms. The molecule has 0 N–H and O–H groups in total. The summed E-state index contributed by atoms with van der Waals surface area (Å²) in [5.74, 6) is 0.203. The Labute approximate surface area is 183 Å². The molecule has 0 saturated carbocycles. The second-order valence-electron chi connectivity index (χ2n) is 7.97. The molecule has 10 heteroatoms. The van der Waals surface area contributed by atoms with Crippen molar-refractivity contribution in [3.63, 3.8) is 0 Å². The predicted molar refractivity (Wildman–Crippen MR) is 109 cm³/mol. The van der Waals surface area contributed by atoms with Crippen LogP contribution >= 0.6 is 0 Å². The lowest BCUT2D eigenvalue weighted by Crippen LogP contribution is -2.39. The molecule has 1 fully saturated rings. The molecule has 0 radical (unpaired) electrons. The van der Waals surface area contributed by atoms with Gasteiger partial charge in [-0.05, 0) is 52.9 Å². The molecule has 1 aliphatic rings. The Morgan fingerprint density at radius 1 is 1.16 bits per heavy atom. The first-order valence-electron chi connectivity index (χ1n) is 10.5. The van der Waals surface area contributed by atoms with Crippen molar-refractivity contribution in [2.24, 2.45) is 0 Å². The van der Waals surface area contributed by atoms with E-state index in [2.05, 4.69) is 20.5 Å². The monoisotopic (exact) mass is 444 g/mol. The van der Waals surface area contributed by atoms with Crippen LogP contribution < -0.4 is 0 Å². The molecule has 3 heterocycles. The lowest BCUT2D eigenvalue weighted by atomic mass is 9.93. The zero-order valence-corrected chi connectivity index (χ0v) is 17.4. The minimum atomic E-state index is -4.35. The van der Waals surface area contributed by atoms with Crippen molar-refractivity contribution in [3.8, 4) is 0 Å². The van der Waals surface area contributed by atoms with Crippen LogP contribution in [0.25, 0.3) is 0 Å². The van der Waals surface area contributed by atoms with Crippen LogP contribution in [-0.2, 0) is 23.9 Å². The quantitative estimate of drug-likeness (QED) is 0.582. The maximum atomic E-state index is 12.9. The largest absolute Gasteiger partial charge is 0.416 e. The third-order valence-corrected chi connectivity index (χ3v) is 5.65. The van der Waals surface area contributed by atoms with Crippen LogP contribution in [0.5, 0.6) is 0 Å². The number of nitrogens with zero attached hydrogens (tertiary/aromatic N) is 6. The fourth-order valence-electron chi connectivity index (χ4n) is 3.97. The van der Waals surface area contributed by atoms with E-state index in [1.54, 1.807) is 12.3 Å². The van der Waals surface area contributed by atoms with Gasteiger partial charge in [0, 0.05) is 37.3 Å². The summed E-state index contributed by atoms with van der Waals surface area (Å²) in [6.45, 7) is 1.77. The molecule has 1 atom stereocenters. The number of hydrogen-bond donors (Lipinski definition) is 0. The van der Waals surface area contributed by atoms with Gasteiger partial charge in [0.15, 0.2) is 0 Å². The van der Waals surface area contributed by atoms with Gasteiger partial charge < -0.3 is 4.90 Å². The van der Waals surface area contributed by atoms with Crippen molar-refractivity contribution in [1.29, 1.82) is 0 Å². The van der Waals surface area contributed by atoms with Crippen molar-refractivity contribution >= 4 is 5.91 Å². The van der Waals surface area contributed by atoms with E-state index in [9.17, 15) is 18.0 Å². The molecule has 7 nitrogen and oxygen atoms in total. The first-order chi connectivity index (χ1) is 15.4. The number of aromatic nitrogens is 5. The number of rotatable bonds is 6. The summed E-state index contributed by atoms with van der Waals surface area (Å²) in [6.07, 6.45) is 1.40. The zero-order valence-electron chi connectivity index (χ0n) is 17.4. The Hall–Kier alpha value is -3.30. The van der Waals surface area contributed by atoms with E-state index in [1.165, 1.54) is 23.1 Å². The van der Waals surface area contributed by atoms with Crippen molar-refractivity contribution in [2.75, 3.05) is 13.1 Å². The first kappa shape index (κ1) is 21.9. The number of likely N-dealkylation sites (tertiary alicyclic amines) is 1. The first-order valence-corrected chi connectivity index (χ1v) is 10.5. The molecule has 2 aromatic heterocycles. The van der Waals surface area contributed by atoms with Gasteiger partial charge >= 0.3 is 6.18 Å². The number of halogens is 3. The van der Waals surface area contributed by atoms with Crippen LogP contribution in [0.15, 0.2) is 48.9 Å². The number of piperidine rings is 1. The normalized spacial score (nSPS) is 16.8. The number of aryl methyl sites for hydroxylation is 1. The molecular formula is C22H23F3N6O. The number of pyridine rings is 1. The van der Waals surface area contributed by atoms with Crippen LogP contribution in [0.1, 0.15) is 47.6 Å². The average Bonchev–Trinajstić information content (AvgIpc) is 3.31. The second kappa shape index (κ2) is 9.46. The molecule has 0 aliphatic carbocycles. The number of carbonyl (C=O) groups is 1. The Kier molecular flexibility index (Phi) is 6.48. The summed E-state index contributed by atoms with van der Waals surface area (Å²) in [4.78, 5) is 19.0. The number of hydrogen-bond acceptors (Lipinski definition) is 5. The highest BCUT2D eigenvalue weighted by molar-refractivity contribution is 5.76. The van der Waals surface area contributed by atoms with E-state index >= 15 is 0 Å². The van der Waals surface area contributed by atoms with Crippen LogP contribution in [0.2, 0.25) is 0 Å². The van der Waals surface area contributed by atoms with Crippen LogP contribution in [-0.4, -0.2) is 49.1 Å². The summed E-state index contributed by atoms with van der Waals surface area (Å²) in [7, 11) is 0. The summed E-state index contributed by atoms with van der Waals surface area (Å²) >= 11 is 0. The standard InChI is InChI=1S/C22H23F3N6O/c23-22(24,25)19-5-1-3-16(12-19)11-17-6-7-20(26-13-17)18-4-2-9-30(14-18)21(32)8-10-31-15-27-28-29-31/h1,3,5-7,12-13,15,18H,2,4,8-11,14H2/t18-/m0/s1. The van der Waals surface area contributed by atoms with E-state index in [0.29, 0.717) is 31.5 Å². The van der Waals surface area contributed by atoms with Gasteiger partial charge in [0.25, 0.3) is 0 Å². The molecule has 4 rings (SSSR count). The third-order valence-electron chi connectivity index (χ3n) is 5.65. The summed E-state index contributed by atoms with van der Waals surface area (Å²) < 4.78 is 40.3. The van der Waals surface area contributed by atoms with E-state index < -0.39 is 11.7 Å². The minimum Gasteiger partial charge on any atom is -0.342 e. The molecule has 0 bridgehead atoms. The molecule has 1 aliphatic heterocycles. The van der Waals surface area contributed by atoms with Gasteiger partial charge in [0.1, 0.15) is 6.33 Å². The second-order valence-corrected chi connectivity index (χ2v) is 7.97. The van der Waals surface area contributed by atoms with Crippen molar-refractivity contribution < 1.29 is 18.0 Å². The third kappa shape index (κ3) is 5.49. The SMILES string of the molecule is O=C(CCn1cnnn1)N1CCC[C@H](c2ccc(Cc3cccc(C(F)(F)F)c3)cn2)C1. The highest BCUT2D eigenvalue weighted by Gasteiger charge is 2.30. The number of tetrazole rings is 1. The Morgan fingerprint density at radius 3 is 2.75 bits per heavy atom. The number of carbonyl (C=O) groups excluding carboxylic acids is 1. The van der Waals surface area contributed by atoms with Crippen LogP contribution in [0.3, 0.4) is 0 Å². The van der Waals surface area contributed by atoms with E-state index in [1.807, 2.05) is 17.0 Å². The van der Waals surface area contributed by atoms with Crippen molar-refractivity contribution in [2.45, 2.75) is 44.3 Å². The number of amides is 1. The van der Waals surface area contributed by atoms with Gasteiger partial charge in [0.2, 0.25) is 5.91 Å². The topological polar surface area (TPSA) is 76.8 Å². The molecule has 1 saturated heterocycles. The lowest BCUT2D eigenvalue weighted by molar-refractivity contribution is -0.137. The molecule has 0 unspecified atom stereocenters. The van der Waals surface area contributed by atoms with Crippen molar-refractivity contribution in [1.82, 2.24) is 30.1 Å². The zero-order chi connectivity index (χ0) is 22.6. The van der Waals surface area contributed by atoms with E-state index in [4.69, 9.17) is 0 Å². The summed E-state index contributed by atoms with van der Waals surface area (Å²) in [5.41, 5.74) is 1.69. The van der Waals surface area contributed by atoms with Gasteiger partial charge in [0.05, 0.1) is 12.1 Å². The highest BCUT2D eigenvalue weighted by Crippen LogP contribution is 2.30. The lowest BCUT2D eigenvalue weighted by Gasteiger charge is -2.32. The number of alkyl halides is 3. The average molecular weight is 444 g/mol. The van der Waals surface area contributed by atoms with Gasteiger partial charge in [-0.3, -0.25) is 9.78 Å². The Bertz CT molecular complexity index is 1040. The van der Waals surface area contributed by atoms with Crippen molar-refractivity contribution in [3.05, 3.63) is 71.3 Å². The minimum absolute atomic E-state index is 0.0615. The van der Waals surface area contributed by atoms with Crippen LogP contribution in [0.4, 0.5) is 13.2 Å². The van der Waals surface area contributed by atoms with Gasteiger partial charge in [-0.15, -0.1) is 5.10 Å². The summed E-state index contributed by atoms with van der Waals surface area (Å²) in [5, 5.41) is 10.9. The van der Waals surface area contributed by atoms with Crippen LogP contribution in [0, 0.1) is 0 Å². The van der Waals surface area contributed by atoms with Gasteiger partial charge in [-0.1, -0.05) is 24.3 Å². The molecule has 1 aromatic carbocycles. The molecule has 3 aromatic rings. The van der Waals surface area contributed by atoms with Gasteiger partial charge in [-0.25, -0.2) is 4.68 Å². The molecule has 168 valence electrons. The molecular weight excluding hydrogens is 421 g/mol. The fourth-order valence-corrected chi connectivity index (χ4v) is 3.97. The maximum absolute atomic E-state index is 12.9. The Balaban J connectivity index is 1.35. The highest BCUT2D eigenvalue weighted by atomic mass is 19.4. The maximum Gasteiger partial charge on any atom is 0.416 e. The predicted octanol–water partition coefficient (Wildman–Crippen LogP) is 3.47.